The minimum atomic E-state index is 0.565. The molecule has 0 spiro atoms. The van der Waals surface area contributed by atoms with E-state index in [0.717, 1.165) is 37.0 Å². The van der Waals surface area contributed by atoms with Crippen molar-refractivity contribution >= 4 is 11.8 Å². The van der Waals surface area contributed by atoms with Crippen LogP contribution >= 0.6 is 0 Å². The van der Waals surface area contributed by atoms with Gasteiger partial charge in [0.1, 0.15) is 11.6 Å². The van der Waals surface area contributed by atoms with Gasteiger partial charge in [0.25, 0.3) is 0 Å². The monoisotopic (exact) mass is 326 g/mol. The Balaban J connectivity index is 1.66. The number of nitrogens with zero attached hydrogens (tertiary/aromatic N) is 3. The topological polar surface area (TPSA) is 50.3 Å². The lowest BCUT2D eigenvalue weighted by molar-refractivity contribution is 0.414. The zero-order valence-electron chi connectivity index (χ0n) is 14.5. The standard InChI is InChI=1S/C19H26N4O/c1-3-16-6-4-5-13-23(16)19-20-12-11-18(22-19)21-14-15-7-9-17(24-2)10-8-15/h7-12,16H,3-6,13-14H2,1-2H3,(H,20,21,22). The van der Waals surface area contributed by atoms with E-state index in [-0.39, 0.29) is 0 Å². The molecule has 1 N–H and O–H groups in total. The minimum Gasteiger partial charge on any atom is -0.497 e. The lowest BCUT2D eigenvalue weighted by atomic mass is 10.0. The third kappa shape index (κ3) is 3.96. The van der Waals surface area contributed by atoms with Crippen LogP contribution in [0.2, 0.25) is 0 Å². The number of anilines is 2. The fourth-order valence-electron chi connectivity index (χ4n) is 3.21. The second-order valence-corrected chi connectivity index (χ2v) is 6.19. The van der Waals surface area contributed by atoms with Crippen LogP contribution in [0.3, 0.4) is 0 Å². The highest BCUT2D eigenvalue weighted by molar-refractivity contribution is 5.43. The molecule has 2 heterocycles. The van der Waals surface area contributed by atoms with E-state index in [1.165, 1.54) is 24.8 Å². The third-order valence-electron chi connectivity index (χ3n) is 4.63. The van der Waals surface area contributed by atoms with Crippen molar-refractivity contribution in [3.05, 3.63) is 42.1 Å². The van der Waals surface area contributed by atoms with Gasteiger partial charge in [-0.25, -0.2) is 4.98 Å². The summed E-state index contributed by atoms with van der Waals surface area (Å²) in [7, 11) is 1.68. The summed E-state index contributed by atoms with van der Waals surface area (Å²) in [5.41, 5.74) is 1.19. The van der Waals surface area contributed by atoms with E-state index in [1.54, 1.807) is 7.11 Å². The molecule has 1 aromatic carbocycles. The number of benzene rings is 1. The number of methoxy groups -OCH3 is 1. The summed E-state index contributed by atoms with van der Waals surface area (Å²) in [5.74, 6) is 2.59. The van der Waals surface area contributed by atoms with Gasteiger partial charge in [-0.05, 0) is 49.4 Å². The van der Waals surface area contributed by atoms with Gasteiger partial charge in [0.2, 0.25) is 5.95 Å². The van der Waals surface area contributed by atoms with Crippen molar-refractivity contribution in [3.8, 4) is 5.75 Å². The van der Waals surface area contributed by atoms with Gasteiger partial charge in [-0.3, -0.25) is 0 Å². The van der Waals surface area contributed by atoms with Gasteiger partial charge in [-0.2, -0.15) is 4.98 Å². The molecule has 1 saturated heterocycles. The fourth-order valence-corrected chi connectivity index (χ4v) is 3.21. The highest BCUT2D eigenvalue weighted by Gasteiger charge is 2.23. The average molecular weight is 326 g/mol. The van der Waals surface area contributed by atoms with Gasteiger partial charge in [0.15, 0.2) is 0 Å². The van der Waals surface area contributed by atoms with E-state index in [9.17, 15) is 0 Å². The number of hydrogen-bond acceptors (Lipinski definition) is 5. The largest absolute Gasteiger partial charge is 0.497 e. The maximum Gasteiger partial charge on any atom is 0.227 e. The first-order valence-electron chi connectivity index (χ1n) is 8.76. The van der Waals surface area contributed by atoms with Gasteiger partial charge in [0, 0.05) is 25.3 Å². The molecule has 3 rings (SSSR count). The van der Waals surface area contributed by atoms with E-state index in [4.69, 9.17) is 9.72 Å². The second-order valence-electron chi connectivity index (χ2n) is 6.19. The molecule has 5 heteroatoms. The van der Waals surface area contributed by atoms with Crippen molar-refractivity contribution in [2.75, 3.05) is 23.9 Å². The first-order chi connectivity index (χ1) is 11.8. The van der Waals surface area contributed by atoms with Crippen LogP contribution in [0.25, 0.3) is 0 Å². The summed E-state index contributed by atoms with van der Waals surface area (Å²) in [4.78, 5) is 11.6. The Morgan fingerprint density at radius 3 is 2.79 bits per heavy atom. The third-order valence-corrected chi connectivity index (χ3v) is 4.63. The smallest absolute Gasteiger partial charge is 0.227 e. The van der Waals surface area contributed by atoms with Gasteiger partial charge < -0.3 is 15.0 Å². The Morgan fingerprint density at radius 1 is 1.21 bits per heavy atom. The van der Waals surface area contributed by atoms with Crippen LogP contribution in [0.15, 0.2) is 36.5 Å². The number of piperidine rings is 1. The molecule has 1 aromatic heterocycles. The molecular weight excluding hydrogens is 300 g/mol. The van der Waals surface area contributed by atoms with E-state index in [2.05, 4.69) is 34.3 Å². The lowest BCUT2D eigenvalue weighted by Crippen LogP contribution is -2.40. The van der Waals surface area contributed by atoms with Crippen LogP contribution in [0.4, 0.5) is 11.8 Å². The molecule has 0 amide bonds. The Labute approximate surface area is 144 Å². The van der Waals surface area contributed by atoms with Crippen molar-refractivity contribution in [2.45, 2.75) is 45.2 Å². The number of ether oxygens (including phenoxy) is 1. The summed E-state index contributed by atoms with van der Waals surface area (Å²) in [6.45, 7) is 4.03. The zero-order chi connectivity index (χ0) is 16.8. The zero-order valence-corrected chi connectivity index (χ0v) is 14.5. The first kappa shape index (κ1) is 16.6. The lowest BCUT2D eigenvalue weighted by Gasteiger charge is -2.35. The maximum atomic E-state index is 5.19. The SMILES string of the molecule is CCC1CCCCN1c1nccc(NCc2ccc(OC)cc2)n1. The summed E-state index contributed by atoms with van der Waals surface area (Å²) in [6, 6.07) is 10.6. The second kappa shape index (κ2) is 7.99. The highest BCUT2D eigenvalue weighted by atomic mass is 16.5. The molecule has 1 atom stereocenters. The maximum absolute atomic E-state index is 5.19. The molecule has 24 heavy (non-hydrogen) atoms. The Morgan fingerprint density at radius 2 is 2.04 bits per heavy atom. The first-order valence-corrected chi connectivity index (χ1v) is 8.76. The molecule has 2 aromatic rings. The van der Waals surface area contributed by atoms with Gasteiger partial charge in [0.05, 0.1) is 7.11 Å². The molecule has 1 aliphatic rings. The Bertz CT molecular complexity index is 644. The number of aromatic nitrogens is 2. The van der Waals surface area contributed by atoms with Gasteiger partial charge in [-0.1, -0.05) is 19.1 Å². The minimum absolute atomic E-state index is 0.565. The average Bonchev–Trinajstić information content (AvgIpc) is 2.67. The van der Waals surface area contributed by atoms with Crippen molar-refractivity contribution in [3.63, 3.8) is 0 Å². The summed E-state index contributed by atoms with van der Waals surface area (Å²) < 4.78 is 5.19. The molecule has 0 radical (unpaired) electrons. The quantitative estimate of drug-likeness (QED) is 0.873. The molecular formula is C19H26N4O. The molecule has 1 unspecified atom stereocenters. The van der Waals surface area contributed by atoms with Crippen LogP contribution in [-0.4, -0.2) is 29.7 Å². The van der Waals surface area contributed by atoms with Crippen LogP contribution < -0.4 is 15.0 Å². The van der Waals surface area contributed by atoms with Crippen molar-refractivity contribution < 1.29 is 4.74 Å². The van der Waals surface area contributed by atoms with Gasteiger partial charge in [-0.15, -0.1) is 0 Å². The predicted octanol–water partition coefficient (Wildman–Crippen LogP) is 3.87. The van der Waals surface area contributed by atoms with Crippen LogP contribution in [-0.2, 0) is 6.54 Å². The van der Waals surface area contributed by atoms with E-state index >= 15 is 0 Å². The van der Waals surface area contributed by atoms with Crippen LogP contribution in [0.5, 0.6) is 5.75 Å². The van der Waals surface area contributed by atoms with Crippen molar-refractivity contribution in [1.29, 1.82) is 0 Å². The van der Waals surface area contributed by atoms with Gasteiger partial charge >= 0.3 is 0 Å². The predicted molar refractivity (Wildman–Crippen MR) is 97.6 cm³/mol. The van der Waals surface area contributed by atoms with Crippen LogP contribution in [0, 0.1) is 0 Å². The molecule has 0 aliphatic carbocycles. The Kier molecular flexibility index (Phi) is 5.51. The number of nitrogens with one attached hydrogen (secondary N) is 1. The summed E-state index contributed by atoms with van der Waals surface area (Å²) in [5, 5.41) is 3.39. The Hall–Kier alpha value is -2.30. The van der Waals surface area contributed by atoms with Crippen molar-refractivity contribution in [2.24, 2.45) is 0 Å². The molecule has 128 valence electrons. The molecule has 5 nitrogen and oxygen atoms in total. The summed E-state index contributed by atoms with van der Waals surface area (Å²) >= 11 is 0. The number of hydrogen-bond donors (Lipinski definition) is 1. The van der Waals surface area contributed by atoms with E-state index in [0.29, 0.717) is 6.04 Å². The highest BCUT2D eigenvalue weighted by Crippen LogP contribution is 2.24. The summed E-state index contributed by atoms with van der Waals surface area (Å²) in [6.07, 6.45) is 6.77. The van der Waals surface area contributed by atoms with Crippen LogP contribution in [0.1, 0.15) is 38.2 Å². The normalized spacial score (nSPS) is 17.6. The fraction of sp³-hybridized carbons (Fsp3) is 0.474. The molecule has 1 fully saturated rings. The molecule has 0 bridgehead atoms. The van der Waals surface area contributed by atoms with Crippen molar-refractivity contribution in [1.82, 2.24) is 9.97 Å². The molecule has 1 aliphatic heterocycles. The van der Waals surface area contributed by atoms with E-state index < -0.39 is 0 Å². The van der Waals surface area contributed by atoms with E-state index in [1.807, 2.05) is 24.4 Å². The number of rotatable bonds is 6. The molecule has 0 saturated carbocycles.